The van der Waals surface area contributed by atoms with E-state index in [1.807, 2.05) is 0 Å². The average molecular weight is 200 g/mol. The molecule has 1 aliphatic carbocycles. The zero-order chi connectivity index (χ0) is 9.57. The van der Waals surface area contributed by atoms with Crippen molar-refractivity contribution in [2.45, 2.75) is 58.4 Å². The Morgan fingerprint density at radius 3 is 1.85 bits per heavy atom. The van der Waals surface area contributed by atoms with Crippen LogP contribution in [-0.2, 0) is 4.43 Å². The standard InChI is InChI=1S/C7H14.C4H10OSi/c1-7(2)5-3-4-6-7;1-2-4-6-5-3-1/h3-6H2,1-2H3;1-4,6H2. The molecule has 0 N–H and O–H groups in total. The quantitative estimate of drug-likeness (QED) is 0.546. The van der Waals surface area contributed by atoms with Crippen molar-refractivity contribution in [1.82, 2.24) is 0 Å². The van der Waals surface area contributed by atoms with Crippen LogP contribution in [-0.4, -0.2) is 16.4 Å². The normalized spacial score (nSPS) is 28.2. The first-order valence-electron chi connectivity index (χ1n) is 5.78. The van der Waals surface area contributed by atoms with E-state index >= 15 is 0 Å². The van der Waals surface area contributed by atoms with E-state index in [0.717, 1.165) is 6.61 Å². The lowest BCUT2D eigenvalue weighted by Gasteiger charge is -2.13. The van der Waals surface area contributed by atoms with Gasteiger partial charge in [-0.25, -0.2) is 0 Å². The molecular formula is C11H24OSi. The van der Waals surface area contributed by atoms with E-state index in [0.29, 0.717) is 5.41 Å². The van der Waals surface area contributed by atoms with Crippen LogP contribution < -0.4 is 0 Å². The topological polar surface area (TPSA) is 9.23 Å². The van der Waals surface area contributed by atoms with Crippen LogP contribution in [0, 0.1) is 5.41 Å². The third-order valence-electron chi connectivity index (χ3n) is 3.03. The number of rotatable bonds is 0. The molecule has 2 heteroatoms. The van der Waals surface area contributed by atoms with Crippen LogP contribution in [0.5, 0.6) is 0 Å². The van der Waals surface area contributed by atoms with Crippen molar-refractivity contribution < 1.29 is 4.43 Å². The number of hydrogen-bond donors (Lipinski definition) is 0. The van der Waals surface area contributed by atoms with Crippen LogP contribution in [0.2, 0.25) is 6.04 Å². The van der Waals surface area contributed by atoms with E-state index in [-0.39, 0.29) is 9.76 Å². The van der Waals surface area contributed by atoms with Crippen LogP contribution in [0.25, 0.3) is 0 Å². The maximum absolute atomic E-state index is 5.21. The van der Waals surface area contributed by atoms with Gasteiger partial charge in [0.25, 0.3) is 0 Å². The van der Waals surface area contributed by atoms with Crippen LogP contribution in [0.15, 0.2) is 0 Å². The largest absolute Gasteiger partial charge is 0.424 e. The number of hydrogen-bond acceptors (Lipinski definition) is 1. The zero-order valence-electron chi connectivity index (χ0n) is 9.27. The van der Waals surface area contributed by atoms with Crippen LogP contribution in [0.1, 0.15) is 52.4 Å². The molecule has 0 unspecified atom stereocenters. The molecule has 1 saturated heterocycles. The van der Waals surface area contributed by atoms with E-state index < -0.39 is 0 Å². The first kappa shape index (κ1) is 11.3. The highest BCUT2D eigenvalue weighted by Gasteiger charge is 2.21. The minimum Gasteiger partial charge on any atom is -0.424 e. The second kappa shape index (κ2) is 5.81. The summed E-state index contributed by atoms with van der Waals surface area (Å²) in [7, 11) is 0.00849. The van der Waals surface area contributed by atoms with Gasteiger partial charge in [-0.15, -0.1) is 0 Å². The fourth-order valence-corrected chi connectivity index (χ4v) is 3.19. The first-order chi connectivity index (χ1) is 6.21. The SMILES string of the molecule is C1CC[SiH2]OC1.CC1(C)CCCC1. The summed E-state index contributed by atoms with van der Waals surface area (Å²) in [6.45, 7) is 5.78. The molecule has 0 bridgehead atoms. The highest BCUT2D eigenvalue weighted by atomic mass is 28.2. The zero-order valence-corrected chi connectivity index (χ0v) is 10.7. The van der Waals surface area contributed by atoms with Crippen LogP contribution in [0.4, 0.5) is 0 Å². The molecule has 0 atom stereocenters. The maximum atomic E-state index is 5.21. The van der Waals surface area contributed by atoms with Gasteiger partial charge in [-0.2, -0.15) is 0 Å². The Bertz CT molecular complexity index is 111. The first-order valence-corrected chi connectivity index (χ1v) is 7.36. The lowest BCUT2D eigenvalue weighted by Crippen LogP contribution is -2.06. The van der Waals surface area contributed by atoms with Crippen molar-refractivity contribution >= 4 is 9.76 Å². The molecule has 1 aliphatic heterocycles. The predicted molar refractivity (Wildman–Crippen MR) is 60.8 cm³/mol. The molecule has 0 aromatic heterocycles. The van der Waals surface area contributed by atoms with Crippen molar-refractivity contribution in [3.8, 4) is 0 Å². The van der Waals surface area contributed by atoms with Crippen molar-refractivity contribution in [2.75, 3.05) is 6.61 Å². The Morgan fingerprint density at radius 2 is 1.69 bits per heavy atom. The minimum atomic E-state index is 0.00849. The van der Waals surface area contributed by atoms with Gasteiger partial charge in [-0.1, -0.05) is 33.1 Å². The summed E-state index contributed by atoms with van der Waals surface area (Å²) >= 11 is 0. The molecule has 0 amide bonds. The second-order valence-corrected chi connectivity index (χ2v) is 6.57. The summed E-state index contributed by atoms with van der Waals surface area (Å²) < 4.78 is 5.21. The van der Waals surface area contributed by atoms with E-state index in [1.165, 1.54) is 44.6 Å². The lowest BCUT2D eigenvalue weighted by molar-refractivity contribution is 0.304. The molecule has 1 saturated carbocycles. The van der Waals surface area contributed by atoms with Gasteiger partial charge in [-0.3, -0.25) is 0 Å². The van der Waals surface area contributed by atoms with E-state index in [2.05, 4.69) is 13.8 Å². The fraction of sp³-hybridized carbons (Fsp3) is 1.00. The summed E-state index contributed by atoms with van der Waals surface area (Å²) in [5, 5.41) is 0. The fourth-order valence-electron chi connectivity index (χ4n) is 2.02. The van der Waals surface area contributed by atoms with E-state index in [4.69, 9.17) is 4.43 Å². The van der Waals surface area contributed by atoms with Crippen LogP contribution in [0.3, 0.4) is 0 Å². The summed E-state index contributed by atoms with van der Waals surface area (Å²) in [4.78, 5) is 0. The minimum absolute atomic E-state index is 0.00849. The summed E-state index contributed by atoms with van der Waals surface area (Å²) in [6.07, 6.45) is 8.58. The Morgan fingerprint density at radius 1 is 1.00 bits per heavy atom. The van der Waals surface area contributed by atoms with E-state index in [1.54, 1.807) is 0 Å². The second-order valence-electron chi connectivity index (χ2n) is 5.04. The van der Waals surface area contributed by atoms with E-state index in [9.17, 15) is 0 Å². The molecular weight excluding hydrogens is 176 g/mol. The third-order valence-corrected chi connectivity index (χ3v) is 4.40. The molecule has 1 nitrogen and oxygen atoms in total. The predicted octanol–water partition coefficient (Wildman–Crippen LogP) is 2.89. The molecule has 2 fully saturated rings. The van der Waals surface area contributed by atoms with Gasteiger partial charge in [0.05, 0.1) is 0 Å². The van der Waals surface area contributed by atoms with Gasteiger partial charge in [0.2, 0.25) is 0 Å². The lowest BCUT2D eigenvalue weighted by atomic mass is 9.92. The molecule has 1 heterocycles. The van der Waals surface area contributed by atoms with Gasteiger partial charge in [0.15, 0.2) is 9.76 Å². The maximum Gasteiger partial charge on any atom is 0.161 e. The van der Waals surface area contributed by atoms with Crippen molar-refractivity contribution in [3.63, 3.8) is 0 Å². The van der Waals surface area contributed by atoms with Crippen molar-refractivity contribution in [2.24, 2.45) is 5.41 Å². The summed E-state index contributed by atoms with van der Waals surface area (Å²) in [6, 6.07) is 1.42. The van der Waals surface area contributed by atoms with Gasteiger partial charge in [0.1, 0.15) is 0 Å². The molecule has 78 valence electrons. The van der Waals surface area contributed by atoms with Crippen molar-refractivity contribution in [1.29, 1.82) is 0 Å². The Balaban J connectivity index is 0.000000132. The highest BCUT2D eigenvalue weighted by molar-refractivity contribution is 6.27. The van der Waals surface area contributed by atoms with Gasteiger partial charge >= 0.3 is 0 Å². The monoisotopic (exact) mass is 200 g/mol. The molecule has 0 aromatic carbocycles. The Hall–Kier alpha value is 0.177. The molecule has 0 spiro atoms. The highest BCUT2D eigenvalue weighted by Crippen LogP contribution is 2.36. The van der Waals surface area contributed by atoms with Crippen LogP contribution >= 0.6 is 0 Å². The smallest absolute Gasteiger partial charge is 0.161 e. The van der Waals surface area contributed by atoms with Crippen molar-refractivity contribution in [3.05, 3.63) is 0 Å². The summed E-state index contributed by atoms with van der Waals surface area (Å²) in [5.41, 5.74) is 0.694. The van der Waals surface area contributed by atoms with Gasteiger partial charge in [0, 0.05) is 6.61 Å². The summed E-state index contributed by atoms with van der Waals surface area (Å²) in [5.74, 6) is 0. The Kier molecular flexibility index (Phi) is 5.03. The van der Waals surface area contributed by atoms with Gasteiger partial charge < -0.3 is 4.43 Å². The Labute approximate surface area is 85.2 Å². The van der Waals surface area contributed by atoms with Gasteiger partial charge in [-0.05, 0) is 30.7 Å². The molecule has 0 radical (unpaired) electrons. The molecule has 13 heavy (non-hydrogen) atoms. The molecule has 2 rings (SSSR count). The molecule has 2 aliphatic rings. The third kappa shape index (κ3) is 5.48. The average Bonchev–Trinajstić information content (AvgIpc) is 2.54. The molecule has 0 aromatic rings.